The second kappa shape index (κ2) is 5.27. The first-order valence-corrected chi connectivity index (χ1v) is 6.57. The van der Waals surface area contributed by atoms with Crippen molar-refractivity contribution in [2.75, 3.05) is 5.32 Å². The first kappa shape index (κ1) is 12.6. The van der Waals surface area contributed by atoms with Crippen LogP contribution in [0, 0.1) is 0 Å². The molecule has 100 valence electrons. The molecule has 0 amide bonds. The van der Waals surface area contributed by atoms with E-state index in [2.05, 4.69) is 15.3 Å². The second-order valence-corrected chi connectivity index (χ2v) is 4.74. The minimum atomic E-state index is -0.0351. The molecular formula is C16H16N4. The average Bonchev–Trinajstić information content (AvgIpc) is 2.47. The van der Waals surface area contributed by atoms with Crippen LogP contribution < -0.4 is 11.1 Å². The van der Waals surface area contributed by atoms with E-state index in [9.17, 15) is 0 Å². The summed E-state index contributed by atoms with van der Waals surface area (Å²) in [6.07, 6.45) is 1.74. The normalized spacial score (nSPS) is 12.3. The van der Waals surface area contributed by atoms with Crippen molar-refractivity contribution >= 4 is 22.5 Å². The zero-order valence-corrected chi connectivity index (χ0v) is 11.2. The number of nitrogens with zero attached hydrogens (tertiary/aromatic N) is 2. The average molecular weight is 264 g/mol. The number of hydrogen-bond acceptors (Lipinski definition) is 4. The van der Waals surface area contributed by atoms with E-state index in [-0.39, 0.29) is 6.04 Å². The van der Waals surface area contributed by atoms with Crippen LogP contribution in [0.2, 0.25) is 0 Å². The molecule has 1 heterocycles. The van der Waals surface area contributed by atoms with Gasteiger partial charge in [0, 0.05) is 11.7 Å². The fraction of sp³-hybridized carbons (Fsp3) is 0.125. The fourth-order valence-corrected chi connectivity index (χ4v) is 2.16. The molecule has 3 aromatic rings. The summed E-state index contributed by atoms with van der Waals surface area (Å²) >= 11 is 0. The van der Waals surface area contributed by atoms with Crippen LogP contribution >= 0.6 is 0 Å². The van der Waals surface area contributed by atoms with Gasteiger partial charge in [0.15, 0.2) is 0 Å². The van der Waals surface area contributed by atoms with Gasteiger partial charge in [0.1, 0.15) is 5.82 Å². The Morgan fingerprint density at radius 2 is 1.70 bits per heavy atom. The van der Waals surface area contributed by atoms with Gasteiger partial charge in [0.05, 0.1) is 17.2 Å². The lowest BCUT2D eigenvalue weighted by Gasteiger charge is -2.14. The molecule has 1 aromatic heterocycles. The standard InChI is InChI=1S/C16H16N4/c1-11(17)12-6-2-3-7-13(12)19-16-10-18-14-8-4-5-9-15(14)20-16/h2-11H,17H2,1H3,(H,19,20). The highest BCUT2D eigenvalue weighted by atomic mass is 15.0. The summed E-state index contributed by atoms with van der Waals surface area (Å²) < 4.78 is 0. The summed E-state index contributed by atoms with van der Waals surface area (Å²) in [6, 6.07) is 15.7. The second-order valence-electron chi connectivity index (χ2n) is 4.74. The third-order valence-corrected chi connectivity index (χ3v) is 3.16. The predicted molar refractivity (Wildman–Crippen MR) is 81.9 cm³/mol. The Labute approximate surface area is 117 Å². The first-order valence-electron chi connectivity index (χ1n) is 6.57. The minimum Gasteiger partial charge on any atom is -0.339 e. The molecule has 20 heavy (non-hydrogen) atoms. The molecule has 0 saturated heterocycles. The van der Waals surface area contributed by atoms with E-state index in [0.717, 1.165) is 28.1 Å². The Morgan fingerprint density at radius 3 is 2.50 bits per heavy atom. The van der Waals surface area contributed by atoms with Gasteiger partial charge in [-0.3, -0.25) is 4.98 Å². The van der Waals surface area contributed by atoms with Gasteiger partial charge in [0.25, 0.3) is 0 Å². The lowest BCUT2D eigenvalue weighted by molar-refractivity contribution is 0.820. The molecule has 1 atom stereocenters. The number of rotatable bonds is 3. The van der Waals surface area contributed by atoms with E-state index in [1.807, 2.05) is 55.5 Å². The third kappa shape index (κ3) is 2.46. The summed E-state index contributed by atoms with van der Waals surface area (Å²) in [5, 5.41) is 3.29. The Kier molecular flexibility index (Phi) is 3.31. The van der Waals surface area contributed by atoms with Crippen molar-refractivity contribution in [2.24, 2.45) is 5.73 Å². The quantitative estimate of drug-likeness (QED) is 0.761. The van der Waals surface area contributed by atoms with Crippen molar-refractivity contribution in [1.82, 2.24) is 9.97 Å². The van der Waals surface area contributed by atoms with Gasteiger partial charge in [-0.2, -0.15) is 0 Å². The predicted octanol–water partition coefficient (Wildman–Crippen LogP) is 3.39. The molecule has 0 aliphatic carbocycles. The lowest BCUT2D eigenvalue weighted by Crippen LogP contribution is -2.08. The molecule has 0 saturated carbocycles. The number of benzene rings is 2. The summed E-state index contributed by atoms with van der Waals surface area (Å²) in [5.41, 5.74) is 9.76. The first-order chi connectivity index (χ1) is 9.74. The Bertz CT molecular complexity index is 737. The van der Waals surface area contributed by atoms with Crippen LogP contribution in [0.3, 0.4) is 0 Å². The van der Waals surface area contributed by atoms with Gasteiger partial charge >= 0.3 is 0 Å². The zero-order chi connectivity index (χ0) is 13.9. The Hall–Kier alpha value is -2.46. The monoisotopic (exact) mass is 264 g/mol. The largest absolute Gasteiger partial charge is 0.339 e. The number of anilines is 2. The van der Waals surface area contributed by atoms with Gasteiger partial charge in [-0.1, -0.05) is 30.3 Å². The van der Waals surface area contributed by atoms with Crippen molar-refractivity contribution in [3.63, 3.8) is 0 Å². The highest BCUT2D eigenvalue weighted by Crippen LogP contribution is 2.24. The van der Waals surface area contributed by atoms with Crippen molar-refractivity contribution in [2.45, 2.75) is 13.0 Å². The Balaban J connectivity index is 1.97. The summed E-state index contributed by atoms with van der Waals surface area (Å²) in [6.45, 7) is 1.96. The van der Waals surface area contributed by atoms with Gasteiger partial charge < -0.3 is 11.1 Å². The van der Waals surface area contributed by atoms with Crippen molar-refractivity contribution in [1.29, 1.82) is 0 Å². The molecule has 0 fully saturated rings. The fourth-order valence-electron chi connectivity index (χ4n) is 2.16. The Morgan fingerprint density at radius 1 is 1.00 bits per heavy atom. The number of fused-ring (bicyclic) bond motifs is 1. The third-order valence-electron chi connectivity index (χ3n) is 3.16. The van der Waals surface area contributed by atoms with E-state index >= 15 is 0 Å². The number of nitrogens with one attached hydrogen (secondary N) is 1. The smallest absolute Gasteiger partial charge is 0.149 e. The van der Waals surface area contributed by atoms with Gasteiger partial charge in [0.2, 0.25) is 0 Å². The summed E-state index contributed by atoms with van der Waals surface area (Å²) in [7, 11) is 0. The molecule has 4 heteroatoms. The van der Waals surface area contributed by atoms with Crippen LogP contribution in [0.1, 0.15) is 18.5 Å². The molecule has 3 N–H and O–H groups in total. The summed E-state index contributed by atoms with van der Waals surface area (Å²) in [4.78, 5) is 8.95. The molecule has 0 bridgehead atoms. The maximum atomic E-state index is 5.98. The molecule has 4 nitrogen and oxygen atoms in total. The van der Waals surface area contributed by atoms with E-state index in [4.69, 9.17) is 5.73 Å². The number of aromatic nitrogens is 2. The van der Waals surface area contributed by atoms with Crippen molar-refractivity contribution < 1.29 is 0 Å². The number of nitrogens with two attached hydrogens (primary N) is 1. The van der Waals surface area contributed by atoms with E-state index < -0.39 is 0 Å². The highest BCUT2D eigenvalue weighted by molar-refractivity contribution is 5.76. The zero-order valence-electron chi connectivity index (χ0n) is 11.2. The SMILES string of the molecule is CC(N)c1ccccc1Nc1cnc2ccccc2n1. The molecule has 0 aliphatic rings. The van der Waals surface area contributed by atoms with Crippen LogP contribution in [0.4, 0.5) is 11.5 Å². The van der Waals surface area contributed by atoms with E-state index in [0.29, 0.717) is 0 Å². The molecule has 0 radical (unpaired) electrons. The van der Waals surface area contributed by atoms with Crippen LogP contribution in [0.15, 0.2) is 54.7 Å². The topological polar surface area (TPSA) is 63.8 Å². The van der Waals surface area contributed by atoms with E-state index in [1.54, 1.807) is 6.20 Å². The molecule has 1 unspecified atom stereocenters. The molecule has 0 spiro atoms. The van der Waals surface area contributed by atoms with Crippen molar-refractivity contribution in [3.8, 4) is 0 Å². The van der Waals surface area contributed by atoms with Crippen molar-refractivity contribution in [3.05, 3.63) is 60.3 Å². The molecule has 3 rings (SSSR count). The maximum absolute atomic E-state index is 5.98. The van der Waals surface area contributed by atoms with Gasteiger partial charge in [-0.05, 0) is 30.7 Å². The van der Waals surface area contributed by atoms with Crippen LogP contribution in [0.25, 0.3) is 11.0 Å². The molecule has 2 aromatic carbocycles. The number of para-hydroxylation sites is 3. The minimum absolute atomic E-state index is 0.0351. The highest BCUT2D eigenvalue weighted by Gasteiger charge is 2.07. The van der Waals surface area contributed by atoms with Crippen LogP contribution in [-0.2, 0) is 0 Å². The maximum Gasteiger partial charge on any atom is 0.149 e. The number of hydrogen-bond donors (Lipinski definition) is 2. The molecule has 0 aliphatic heterocycles. The van der Waals surface area contributed by atoms with E-state index in [1.165, 1.54) is 0 Å². The molecular weight excluding hydrogens is 248 g/mol. The van der Waals surface area contributed by atoms with Crippen LogP contribution in [-0.4, -0.2) is 9.97 Å². The van der Waals surface area contributed by atoms with Crippen LogP contribution in [0.5, 0.6) is 0 Å². The lowest BCUT2D eigenvalue weighted by atomic mass is 10.1. The summed E-state index contributed by atoms with van der Waals surface area (Å²) in [5.74, 6) is 0.719. The van der Waals surface area contributed by atoms with Gasteiger partial charge in [-0.15, -0.1) is 0 Å². The van der Waals surface area contributed by atoms with Gasteiger partial charge in [-0.25, -0.2) is 4.98 Å².